The zero-order valence-electron chi connectivity index (χ0n) is 15.0. The molecule has 0 radical (unpaired) electrons. The van der Waals surface area contributed by atoms with Crippen LogP contribution in [0.3, 0.4) is 0 Å². The average molecular weight is 397 g/mol. The molecule has 5 heteroatoms. The highest BCUT2D eigenvalue weighted by molar-refractivity contribution is 7.16. The third-order valence-electron chi connectivity index (χ3n) is 4.90. The molecule has 1 fully saturated rings. The Bertz CT molecular complexity index is 1010. The maximum Gasteiger partial charge on any atom is 0.211 e. The summed E-state index contributed by atoms with van der Waals surface area (Å²) in [6.07, 6.45) is 4.38. The van der Waals surface area contributed by atoms with Gasteiger partial charge in [0, 0.05) is 53.2 Å². The third kappa shape index (κ3) is 4.24. The summed E-state index contributed by atoms with van der Waals surface area (Å²) in [5.41, 5.74) is 2.11. The van der Waals surface area contributed by atoms with E-state index in [9.17, 15) is 4.79 Å². The Balaban J connectivity index is 1.41. The lowest BCUT2D eigenvalue weighted by atomic mass is 10.2. The van der Waals surface area contributed by atoms with Gasteiger partial charge >= 0.3 is 0 Å². The van der Waals surface area contributed by atoms with Crippen LogP contribution in [0.5, 0.6) is 0 Å². The number of benzene rings is 2. The number of rotatable bonds is 4. The molecule has 0 N–H and O–H groups in total. The van der Waals surface area contributed by atoms with Gasteiger partial charge in [0.2, 0.25) is 5.43 Å². The fourth-order valence-electron chi connectivity index (χ4n) is 3.38. The Morgan fingerprint density at radius 3 is 2.59 bits per heavy atom. The van der Waals surface area contributed by atoms with Gasteiger partial charge in [-0.25, -0.2) is 0 Å². The van der Waals surface area contributed by atoms with E-state index in [-0.39, 0.29) is 5.43 Å². The lowest BCUT2D eigenvalue weighted by molar-refractivity contribution is 0.284. The van der Waals surface area contributed by atoms with Gasteiger partial charge in [0.25, 0.3) is 0 Å². The number of piperazine rings is 1. The summed E-state index contributed by atoms with van der Waals surface area (Å²) in [4.78, 5) is 17.5. The smallest absolute Gasteiger partial charge is 0.211 e. The van der Waals surface area contributed by atoms with Crippen molar-refractivity contribution in [3.05, 3.63) is 80.8 Å². The fraction of sp³-hybridized carbons (Fsp3) is 0.227. The van der Waals surface area contributed by atoms with Crippen LogP contribution in [0.25, 0.3) is 16.2 Å². The maximum atomic E-state index is 12.9. The molecule has 2 heterocycles. The highest BCUT2D eigenvalue weighted by Gasteiger charge is 2.19. The monoisotopic (exact) mass is 396 g/mol. The van der Waals surface area contributed by atoms with Crippen molar-refractivity contribution >= 4 is 44.8 Å². The SMILES string of the molecule is O=c1c(N2CCN(CC=Cc3ccccc3)CC2)csc2ccc(Cl)cc12. The molecule has 3 nitrogen and oxygen atoms in total. The summed E-state index contributed by atoms with van der Waals surface area (Å²) in [6.45, 7) is 4.58. The Labute approximate surface area is 168 Å². The molecule has 3 aromatic rings. The second-order valence-electron chi connectivity index (χ2n) is 6.69. The van der Waals surface area contributed by atoms with Gasteiger partial charge in [-0.3, -0.25) is 9.69 Å². The van der Waals surface area contributed by atoms with Crippen molar-refractivity contribution in [3.63, 3.8) is 0 Å². The van der Waals surface area contributed by atoms with Crippen LogP contribution in [0.1, 0.15) is 5.56 Å². The van der Waals surface area contributed by atoms with Crippen LogP contribution in [0.2, 0.25) is 5.02 Å². The minimum Gasteiger partial charge on any atom is -0.365 e. The van der Waals surface area contributed by atoms with Crippen LogP contribution < -0.4 is 10.3 Å². The average Bonchev–Trinajstić information content (AvgIpc) is 2.70. The first-order valence-electron chi connectivity index (χ1n) is 9.11. The molecule has 0 aliphatic carbocycles. The number of halogens is 1. The highest BCUT2D eigenvalue weighted by Crippen LogP contribution is 2.24. The Morgan fingerprint density at radius 1 is 1.04 bits per heavy atom. The molecule has 4 rings (SSSR count). The van der Waals surface area contributed by atoms with Crippen LogP contribution in [-0.4, -0.2) is 37.6 Å². The first-order chi connectivity index (χ1) is 13.2. The lowest BCUT2D eigenvalue weighted by Crippen LogP contribution is -2.47. The molecule has 138 valence electrons. The van der Waals surface area contributed by atoms with Gasteiger partial charge in [0.1, 0.15) is 0 Å². The van der Waals surface area contributed by atoms with Crippen molar-refractivity contribution in [2.75, 3.05) is 37.6 Å². The third-order valence-corrected chi connectivity index (χ3v) is 6.09. The number of hydrogen-bond acceptors (Lipinski definition) is 4. The molecule has 0 amide bonds. The Hall–Kier alpha value is -2.14. The molecule has 1 aliphatic heterocycles. The van der Waals surface area contributed by atoms with E-state index in [1.54, 1.807) is 17.4 Å². The van der Waals surface area contributed by atoms with E-state index in [4.69, 9.17) is 11.6 Å². The number of hydrogen-bond donors (Lipinski definition) is 0. The summed E-state index contributed by atoms with van der Waals surface area (Å²) < 4.78 is 0.984. The van der Waals surface area contributed by atoms with Crippen LogP contribution in [-0.2, 0) is 0 Å². The van der Waals surface area contributed by atoms with E-state index >= 15 is 0 Å². The van der Waals surface area contributed by atoms with Crippen LogP contribution in [0, 0.1) is 0 Å². The van der Waals surface area contributed by atoms with Crippen molar-refractivity contribution in [1.29, 1.82) is 0 Å². The van der Waals surface area contributed by atoms with Crippen molar-refractivity contribution in [2.45, 2.75) is 0 Å². The molecular formula is C22H21ClN2OS. The van der Waals surface area contributed by atoms with Crippen LogP contribution in [0.15, 0.2) is 64.8 Å². The van der Waals surface area contributed by atoms with Gasteiger partial charge in [0.15, 0.2) is 0 Å². The van der Waals surface area contributed by atoms with Crippen LogP contribution in [0.4, 0.5) is 5.69 Å². The van der Waals surface area contributed by atoms with Gasteiger partial charge in [-0.1, -0.05) is 54.1 Å². The van der Waals surface area contributed by atoms with E-state index < -0.39 is 0 Å². The molecule has 0 bridgehead atoms. The van der Waals surface area contributed by atoms with E-state index in [0.29, 0.717) is 5.02 Å². The largest absolute Gasteiger partial charge is 0.365 e. The van der Waals surface area contributed by atoms with E-state index in [1.165, 1.54) is 5.56 Å². The Kier molecular flexibility index (Phi) is 5.58. The molecule has 0 unspecified atom stereocenters. The van der Waals surface area contributed by atoms with Crippen molar-refractivity contribution in [2.24, 2.45) is 0 Å². The van der Waals surface area contributed by atoms with Gasteiger partial charge in [0.05, 0.1) is 5.69 Å². The maximum absolute atomic E-state index is 12.9. The van der Waals surface area contributed by atoms with E-state index in [1.807, 2.05) is 23.6 Å². The van der Waals surface area contributed by atoms with E-state index in [0.717, 1.165) is 48.5 Å². The second-order valence-corrected chi connectivity index (χ2v) is 8.04. The molecule has 1 aliphatic rings. The Morgan fingerprint density at radius 2 is 1.81 bits per heavy atom. The number of fused-ring (bicyclic) bond motifs is 1. The summed E-state index contributed by atoms with van der Waals surface area (Å²) in [5.74, 6) is 0. The summed E-state index contributed by atoms with van der Waals surface area (Å²) >= 11 is 7.69. The first kappa shape index (κ1) is 18.2. The van der Waals surface area contributed by atoms with Crippen LogP contribution >= 0.6 is 22.9 Å². The fourth-order valence-corrected chi connectivity index (χ4v) is 4.48. The van der Waals surface area contributed by atoms with Gasteiger partial charge in [-0.2, -0.15) is 0 Å². The summed E-state index contributed by atoms with van der Waals surface area (Å²) in [6, 6.07) is 15.9. The molecular weight excluding hydrogens is 376 g/mol. The zero-order chi connectivity index (χ0) is 18.6. The summed E-state index contributed by atoms with van der Waals surface area (Å²) in [7, 11) is 0. The number of nitrogens with zero attached hydrogens (tertiary/aromatic N) is 2. The van der Waals surface area contributed by atoms with E-state index in [2.05, 4.69) is 46.2 Å². The van der Waals surface area contributed by atoms with Crippen molar-refractivity contribution < 1.29 is 0 Å². The molecule has 0 saturated carbocycles. The predicted molar refractivity (Wildman–Crippen MR) is 117 cm³/mol. The normalized spacial score (nSPS) is 15.7. The minimum absolute atomic E-state index is 0.0867. The molecule has 1 aromatic heterocycles. The lowest BCUT2D eigenvalue weighted by Gasteiger charge is -2.35. The number of anilines is 1. The topological polar surface area (TPSA) is 23.6 Å². The standard InChI is InChI=1S/C22H21ClN2OS/c23-18-8-9-21-19(15-18)22(26)20(16-27-21)25-13-11-24(12-14-25)10-4-7-17-5-2-1-3-6-17/h1-9,15-16H,10-14H2. The molecule has 1 saturated heterocycles. The predicted octanol–water partition coefficient (Wildman–Crippen LogP) is 4.75. The quantitative estimate of drug-likeness (QED) is 0.635. The zero-order valence-corrected chi connectivity index (χ0v) is 16.5. The molecule has 27 heavy (non-hydrogen) atoms. The molecule has 2 aromatic carbocycles. The highest BCUT2D eigenvalue weighted by atomic mass is 35.5. The van der Waals surface area contributed by atoms with Gasteiger partial charge in [-0.05, 0) is 23.8 Å². The minimum atomic E-state index is 0.0867. The molecule has 0 spiro atoms. The van der Waals surface area contributed by atoms with Crippen molar-refractivity contribution in [1.82, 2.24) is 4.90 Å². The summed E-state index contributed by atoms with van der Waals surface area (Å²) in [5, 5.41) is 3.32. The van der Waals surface area contributed by atoms with Gasteiger partial charge in [-0.15, -0.1) is 11.3 Å². The first-order valence-corrected chi connectivity index (χ1v) is 10.4. The second kappa shape index (κ2) is 8.26. The van der Waals surface area contributed by atoms with Crippen molar-refractivity contribution in [3.8, 4) is 0 Å². The van der Waals surface area contributed by atoms with Gasteiger partial charge < -0.3 is 4.90 Å². The molecule has 0 atom stereocenters.